The van der Waals surface area contributed by atoms with Crippen LogP contribution < -0.4 is 14.4 Å². The van der Waals surface area contributed by atoms with Gasteiger partial charge in [0, 0.05) is 0 Å². The van der Waals surface area contributed by atoms with Crippen molar-refractivity contribution in [2.45, 2.75) is 33.8 Å². The molecular formula is C22H23NO3S2. The second-order valence-corrected chi connectivity index (χ2v) is 8.29. The van der Waals surface area contributed by atoms with E-state index in [2.05, 4.69) is 0 Å². The number of nitrogens with zero attached hydrogens (tertiary/aromatic N) is 1. The number of ether oxygens (including phenoxy) is 2. The zero-order valence-corrected chi connectivity index (χ0v) is 18.0. The van der Waals surface area contributed by atoms with Crippen LogP contribution in [0.2, 0.25) is 0 Å². The van der Waals surface area contributed by atoms with Crippen LogP contribution in [0.25, 0.3) is 6.08 Å². The van der Waals surface area contributed by atoms with Crippen molar-refractivity contribution in [1.82, 2.24) is 0 Å². The molecule has 0 unspecified atom stereocenters. The number of thiocarbonyl (C=S) groups is 1. The molecule has 1 amide bonds. The Morgan fingerprint density at radius 3 is 2.61 bits per heavy atom. The number of carbonyl (C=O) groups excluding carboxylic acids is 1. The van der Waals surface area contributed by atoms with Crippen LogP contribution in [0.5, 0.6) is 11.5 Å². The molecular weight excluding hydrogens is 390 g/mol. The smallest absolute Gasteiger partial charge is 0.270 e. The predicted molar refractivity (Wildman–Crippen MR) is 120 cm³/mol. The molecule has 0 spiro atoms. The molecule has 1 heterocycles. The monoisotopic (exact) mass is 413 g/mol. The summed E-state index contributed by atoms with van der Waals surface area (Å²) in [6, 6.07) is 13.4. The van der Waals surface area contributed by atoms with E-state index in [0.29, 0.717) is 27.3 Å². The number of para-hydroxylation sites is 1. The van der Waals surface area contributed by atoms with Crippen molar-refractivity contribution in [3.8, 4) is 11.5 Å². The predicted octanol–water partition coefficient (Wildman–Crippen LogP) is 5.59. The summed E-state index contributed by atoms with van der Waals surface area (Å²) in [7, 11) is 0. The molecule has 0 aromatic heterocycles. The highest BCUT2D eigenvalue weighted by Gasteiger charge is 2.33. The van der Waals surface area contributed by atoms with Crippen molar-refractivity contribution in [3.63, 3.8) is 0 Å². The normalized spacial score (nSPS) is 15.6. The van der Waals surface area contributed by atoms with Crippen molar-refractivity contribution in [1.29, 1.82) is 0 Å². The van der Waals surface area contributed by atoms with Gasteiger partial charge in [0.05, 0.1) is 23.3 Å². The lowest BCUT2D eigenvalue weighted by atomic mass is 10.1. The molecule has 1 aliphatic heterocycles. The fraction of sp³-hybridized carbons (Fsp3) is 0.273. The minimum atomic E-state index is -0.107. The minimum Gasteiger partial charge on any atom is -0.490 e. The third-order valence-corrected chi connectivity index (χ3v) is 5.38. The molecule has 146 valence electrons. The third kappa shape index (κ3) is 4.39. The van der Waals surface area contributed by atoms with Crippen LogP contribution in [0.1, 0.15) is 31.9 Å². The molecule has 4 nitrogen and oxygen atoms in total. The number of rotatable bonds is 6. The molecule has 0 bridgehead atoms. The van der Waals surface area contributed by atoms with Gasteiger partial charge in [-0.3, -0.25) is 9.69 Å². The lowest BCUT2D eigenvalue weighted by Gasteiger charge is -2.16. The number of aryl methyl sites for hydroxylation is 1. The summed E-state index contributed by atoms with van der Waals surface area (Å²) in [5.74, 6) is 1.26. The number of benzene rings is 2. The summed E-state index contributed by atoms with van der Waals surface area (Å²) >= 11 is 6.78. The van der Waals surface area contributed by atoms with Crippen molar-refractivity contribution in [3.05, 3.63) is 58.5 Å². The van der Waals surface area contributed by atoms with Gasteiger partial charge in [0.15, 0.2) is 15.8 Å². The molecule has 0 atom stereocenters. The van der Waals surface area contributed by atoms with Gasteiger partial charge in [0.2, 0.25) is 0 Å². The van der Waals surface area contributed by atoms with E-state index in [9.17, 15) is 4.79 Å². The molecule has 0 radical (unpaired) electrons. The van der Waals surface area contributed by atoms with E-state index >= 15 is 0 Å². The maximum atomic E-state index is 13.0. The molecule has 1 saturated heterocycles. The fourth-order valence-corrected chi connectivity index (χ4v) is 4.16. The SMILES string of the molecule is CCOc1cc(/C=C2/SC(=S)N(c3ccccc3C)C2=O)ccc1OC(C)C. The second-order valence-electron chi connectivity index (χ2n) is 6.61. The summed E-state index contributed by atoms with van der Waals surface area (Å²) < 4.78 is 12.1. The summed E-state index contributed by atoms with van der Waals surface area (Å²) in [5, 5.41) is 0. The Morgan fingerprint density at radius 2 is 1.93 bits per heavy atom. The van der Waals surface area contributed by atoms with Gasteiger partial charge in [-0.05, 0) is 63.1 Å². The number of carbonyl (C=O) groups is 1. The van der Waals surface area contributed by atoms with Gasteiger partial charge in [0.25, 0.3) is 5.91 Å². The van der Waals surface area contributed by atoms with Gasteiger partial charge < -0.3 is 9.47 Å². The molecule has 2 aromatic carbocycles. The summed E-state index contributed by atoms with van der Waals surface area (Å²) in [4.78, 5) is 15.2. The molecule has 0 aliphatic carbocycles. The molecule has 1 aliphatic rings. The number of amides is 1. The lowest BCUT2D eigenvalue weighted by molar-refractivity contribution is -0.113. The first-order valence-corrected chi connectivity index (χ1v) is 10.4. The largest absolute Gasteiger partial charge is 0.490 e. The zero-order valence-electron chi connectivity index (χ0n) is 16.4. The quantitative estimate of drug-likeness (QED) is 0.456. The van der Waals surface area contributed by atoms with Gasteiger partial charge in [-0.1, -0.05) is 48.2 Å². The van der Waals surface area contributed by atoms with Gasteiger partial charge in [-0.2, -0.15) is 0 Å². The van der Waals surface area contributed by atoms with Crippen LogP contribution in [0, 0.1) is 6.92 Å². The van der Waals surface area contributed by atoms with Crippen LogP contribution in [0.15, 0.2) is 47.4 Å². The van der Waals surface area contributed by atoms with Crippen molar-refractivity contribution >= 4 is 46.0 Å². The van der Waals surface area contributed by atoms with Crippen molar-refractivity contribution in [2.75, 3.05) is 11.5 Å². The number of thioether (sulfide) groups is 1. The van der Waals surface area contributed by atoms with Crippen LogP contribution in [0.3, 0.4) is 0 Å². The van der Waals surface area contributed by atoms with Crippen LogP contribution in [0.4, 0.5) is 5.69 Å². The highest BCUT2D eigenvalue weighted by atomic mass is 32.2. The molecule has 0 saturated carbocycles. The summed E-state index contributed by atoms with van der Waals surface area (Å²) in [5.41, 5.74) is 2.70. The Labute approximate surface area is 175 Å². The number of hydrogen-bond acceptors (Lipinski definition) is 5. The Balaban J connectivity index is 1.91. The van der Waals surface area contributed by atoms with Crippen molar-refractivity contribution < 1.29 is 14.3 Å². The summed E-state index contributed by atoms with van der Waals surface area (Å²) in [6.07, 6.45) is 1.90. The molecule has 28 heavy (non-hydrogen) atoms. The van der Waals surface area contributed by atoms with Crippen LogP contribution in [-0.4, -0.2) is 22.9 Å². The minimum absolute atomic E-state index is 0.0513. The van der Waals surface area contributed by atoms with Gasteiger partial charge in [0.1, 0.15) is 0 Å². The van der Waals surface area contributed by atoms with Crippen molar-refractivity contribution in [2.24, 2.45) is 0 Å². The molecule has 3 rings (SSSR count). The average Bonchev–Trinajstić information content (AvgIpc) is 2.91. The second kappa shape index (κ2) is 8.80. The Kier molecular flexibility index (Phi) is 6.42. The van der Waals surface area contributed by atoms with E-state index in [-0.39, 0.29) is 12.0 Å². The first-order chi connectivity index (χ1) is 13.4. The van der Waals surface area contributed by atoms with E-state index in [1.165, 1.54) is 11.8 Å². The van der Waals surface area contributed by atoms with Crippen LogP contribution in [-0.2, 0) is 4.79 Å². The molecule has 2 aromatic rings. The Hall–Kier alpha value is -2.31. The first kappa shape index (κ1) is 20.4. The first-order valence-electron chi connectivity index (χ1n) is 9.17. The fourth-order valence-electron chi connectivity index (χ4n) is 2.88. The Morgan fingerprint density at radius 1 is 1.18 bits per heavy atom. The molecule has 0 N–H and O–H groups in total. The zero-order chi connectivity index (χ0) is 20.3. The van der Waals surface area contributed by atoms with E-state index in [1.807, 2.05) is 76.2 Å². The maximum Gasteiger partial charge on any atom is 0.270 e. The van der Waals surface area contributed by atoms with Crippen LogP contribution >= 0.6 is 24.0 Å². The standard InChI is InChI=1S/C22H23NO3S2/c1-5-25-19-12-16(10-11-18(19)26-14(2)3)13-20-21(24)23(22(27)28-20)17-9-7-6-8-15(17)4/h6-14H,5H2,1-4H3/b20-13+. The highest BCUT2D eigenvalue weighted by Crippen LogP contribution is 2.38. The van der Waals surface area contributed by atoms with E-state index in [1.54, 1.807) is 4.90 Å². The van der Waals surface area contributed by atoms with E-state index < -0.39 is 0 Å². The van der Waals surface area contributed by atoms with E-state index in [0.717, 1.165) is 16.8 Å². The molecule has 6 heteroatoms. The average molecular weight is 414 g/mol. The van der Waals surface area contributed by atoms with Gasteiger partial charge >= 0.3 is 0 Å². The molecule has 1 fully saturated rings. The number of anilines is 1. The van der Waals surface area contributed by atoms with E-state index in [4.69, 9.17) is 21.7 Å². The third-order valence-electron chi connectivity index (χ3n) is 4.08. The number of hydrogen-bond donors (Lipinski definition) is 0. The highest BCUT2D eigenvalue weighted by molar-refractivity contribution is 8.27. The lowest BCUT2D eigenvalue weighted by Crippen LogP contribution is -2.28. The van der Waals surface area contributed by atoms with Gasteiger partial charge in [-0.25, -0.2) is 0 Å². The Bertz CT molecular complexity index is 937. The summed E-state index contributed by atoms with van der Waals surface area (Å²) in [6.45, 7) is 8.38. The maximum absolute atomic E-state index is 13.0. The topological polar surface area (TPSA) is 38.8 Å². The van der Waals surface area contributed by atoms with Gasteiger partial charge in [-0.15, -0.1) is 0 Å².